The molecule has 6 nitrogen and oxygen atoms in total. The van der Waals surface area contributed by atoms with E-state index < -0.39 is 10.0 Å². The van der Waals surface area contributed by atoms with Crippen LogP contribution >= 0.6 is 0 Å². The standard InChI is InChI=1S/C17H28N4O2S/c1-13(2)15-5-4-6-16(11-15)20-17(18)19-12-14-7-9-21(10-8-14)24(3,22)23/h4-6,11,13-14H,7-10,12H2,1-3H3,(H3,18,19,20). The van der Waals surface area contributed by atoms with Crippen LogP contribution in [0, 0.1) is 5.92 Å². The van der Waals surface area contributed by atoms with Gasteiger partial charge >= 0.3 is 0 Å². The lowest BCUT2D eigenvalue weighted by Crippen LogP contribution is -2.38. The minimum atomic E-state index is -3.07. The van der Waals surface area contributed by atoms with Gasteiger partial charge in [-0.3, -0.25) is 4.99 Å². The number of nitrogens with two attached hydrogens (primary N) is 1. The molecule has 0 spiro atoms. The van der Waals surface area contributed by atoms with E-state index in [1.807, 2.05) is 12.1 Å². The SMILES string of the molecule is CC(C)c1cccc(NC(N)=NCC2CCN(S(C)(=O)=O)CC2)c1. The van der Waals surface area contributed by atoms with Gasteiger partial charge in [0, 0.05) is 25.3 Å². The molecule has 7 heteroatoms. The molecule has 1 aromatic carbocycles. The molecule has 24 heavy (non-hydrogen) atoms. The molecule has 1 heterocycles. The first kappa shape index (κ1) is 18.7. The molecule has 0 aromatic heterocycles. The van der Waals surface area contributed by atoms with Crippen LogP contribution < -0.4 is 11.1 Å². The molecular weight excluding hydrogens is 324 g/mol. The Bertz CT molecular complexity index is 678. The number of hydrogen-bond donors (Lipinski definition) is 2. The third-order valence-electron chi connectivity index (χ3n) is 4.39. The van der Waals surface area contributed by atoms with E-state index >= 15 is 0 Å². The first-order valence-electron chi connectivity index (χ1n) is 8.37. The quantitative estimate of drug-likeness (QED) is 0.628. The fourth-order valence-electron chi connectivity index (χ4n) is 2.81. The van der Waals surface area contributed by atoms with Crippen LogP contribution in [0.2, 0.25) is 0 Å². The van der Waals surface area contributed by atoms with E-state index in [0.717, 1.165) is 18.5 Å². The second-order valence-electron chi connectivity index (χ2n) is 6.74. The summed E-state index contributed by atoms with van der Waals surface area (Å²) in [5, 5.41) is 3.13. The summed E-state index contributed by atoms with van der Waals surface area (Å²) in [6, 6.07) is 8.15. The Kier molecular flexibility index (Phi) is 6.23. The van der Waals surface area contributed by atoms with Crippen molar-refractivity contribution in [3.8, 4) is 0 Å². The Labute approximate surface area is 145 Å². The van der Waals surface area contributed by atoms with Crippen LogP contribution in [0.1, 0.15) is 38.2 Å². The maximum Gasteiger partial charge on any atom is 0.211 e. The predicted octanol–water partition coefficient (Wildman–Crippen LogP) is 2.21. The number of aliphatic imine (C=N–C) groups is 1. The molecule has 1 fully saturated rings. The van der Waals surface area contributed by atoms with Crippen molar-refractivity contribution in [2.75, 3.05) is 31.2 Å². The number of hydrogen-bond acceptors (Lipinski definition) is 3. The van der Waals surface area contributed by atoms with E-state index in [9.17, 15) is 8.42 Å². The number of piperidine rings is 1. The van der Waals surface area contributed by atoms with Gasteiger partial charge in [0.25, 0.3) is 0 Å². The Hall–Kier alpha value is -1.60. The number of guanidine groups is 1. The highest BCUT2D eigenvalue weighted by molar-refractivity contribution is 7.88. The lowest BCUT2D eigenvalue weighted by atomic mass is 9.98. The van der Waals surface area contributed by atoms with Crippen LogP contribution in [0.4, 0.5) is 5.69 Å². The zero-order chi connectivity index (χ0) is 17.7. The van der Waals surface area contributed by atoms with Crippen molar-refractivity contribution in [1.82, 2.24) is 4.31 Å². The first-order valence-corrected chi connectivity index (χ1v) is 10.2. The van der Waals surface area contributed by atoms with Crippen LogP contribution in [0.3, 0.4) is 0 Å². The molecule has 1 saturated heterocycles. The van der Waals surface area contributed by atoms with Crippen LogP contribution in [0.15, 0.2) is 29.3 Å². The van der Waals surface area contributed by atoms with Gasteiger partial charge in [0.15, 0.2) is 5.96 Å². The minimum absolute atomic E-state index is 0.380. The summed E-state index contributed by atoms with van der Waals surface area (Å²) in [5.74, 6) is 1.25. The van der Waals surface area contributed by atoms with Gasteiger partial charge in [-0.15, -0.1) is 0 Å². The fraction of sp³-hybridized carbons (Fsp3) is 0.588. The summed E-state index contributed by atoms with van der Waals surface area (Å²) in [7, 11) is -3.07. The summed E-state index contributed by atoms with van der Waals surface area (Å²) in [5.41, 5.74) is 8.17. The monoisotopic (exact) mass is 352 g/mol. The summed E-state index contributed by atoms with van der Waals surface area (Å²) in [4.78, 5) is 4.42. The van der Waals surface area contributed by atoms with E-state index in [1.165, 1.54) is 16.1 Å². The van der Waals surface area contributed by atoms with E-state index in [1.54, 1.807) is 0 Å². The molecule has 0 bridgehead atoms. The van der Waals surface area contributed by atoms with Gasteiger partial charge in [0.2, 0.25) is 10.0 Å². The topological polar surface area (TPSA) is 87.8 Å². The van der Waals surface area contributed by atoms with Crippen LogP contribution in [-0.2, 0) is 10.0 Å². The lowest BCUT2D eigenvalue weighted by molar-refractivity contribution is 0.280. The van der Waals surface area contributed by atoms with Crippen molar-refractivity contribution in [3.63, 3.8) is 0 Å². The lowest BCUT2D eigenvalue weighted by Gasteiger charge is -2.29. The van der Waals surface area contributed by atoms with Gasteiger partial charge in [-0.1, -0.05) is 26.0 Å². The maximum atomic E-state index is 11.5. The molecule has 134 valence electrons. The molecule has 3 N–H and O–H groups in total. The number of nitrogens with one attached hydrogen (secondary N) is 1. The zero-order valence-electron chi connectivity index (χ0n) is 14.7. The average molecular weight is 353 g/mol. The molecule has 0 aliphatic carbocycles. The van der Waals surface area contributed by atoms with Gasteiger partial charge in [-0.05, 0) is 42.4 Å². The predicted molar refractivity (Wildman–Crippen MR) is 99.8 cm³/mol. The van der Waals surface area contributed by atoms with Crippen molar-refractivity contribution < 1.29 is 8.42 Å². The maximum absolute atomic E-state index is 11.5. The van der Waals surface area contributed by atoms with Crippen LogP contribution in [-0.4, -0.2) is 44.6 Å². The second kappa shape index (κ2) is 7.98. The van der Waals surface area contributed by atoms with Crippen molar-refractivity contribution in [1.29, 1.82) is 0 Å². The summed E-state index contributed by atoms with van der Waals surface area (Å²) >= 11 is 0. The zero-order valence-corrected chi connectivity index (χ0v) is 15.5. The van der Waals surface area contributed by atoms with E-state index in [4.69, 9.17) is 5.73 Å². The molecule has 1 aliphatic heterocycles. The number of nitrogens with zero attached hydrogens (tertiary/aromatic N) is 2. The Morgan fingerprint density at radius 1 is 1.38 bits per heavy atom. The smallest absolute Gasteiger partial charge is 0.211 e. The Balaban J connectivity index is 1.86. The van der Waals surface area contributed by atoms with Crippen LogP contribution in [0.25, 0.3) is 0 Å². The average Bonchev–Trinajstić information content (AvgIpc) is 2.53. The normalized spacial score (nSPS) is 18.1. The molecule has 0 radical (unpaired) electrons. The highest BCUT2D eigenvalue weighted by Gasteiger charge is 2.24. The Morgan fingerprint density at radius 3 is 2.62 bits per heavy atom. The summed E-state index contributed by atoms with van der Waals surface area (Å²) in [6.07, 6.45) is 2.91. The molecular formula is C17H28N4O2S. The molecule has 1 aromatic rings. The van der Waals surface area contributed by atoms with Gasteiger partial charge in [-0.25, -0.2) is 12.7 Å². The van der Waals surface area contributed by atoms with Crippen molar-refractivity contribution in [2.45, 2.75) is 32.6 Å². The number of sulfonamides is 1. The minimum Gasteiger partial charge on any atom is -0.370 e. The highest BCUT2D eigenvalue weighted by Crippen LogP contribution is 2.20. The van der Waals surface area contributed by atoms with E-state index in [2.05, 4.69) is 36.3 Å². The summed E-state index contributed by atoms with van der Waals surface area (Å²) < 4.78 is 24.5. The Morgan fingerprint density at radius 2 is 2.04 bits per heavy atom. The van der Waals surface area contributed by atoms with E-state index in [0.29, 0.717) is 37.4 Å². The van der Waals surface area contributed by atoms with Gasteiger partial charge in [0.1, 0.15) is 0 Å². The largest absolute Gasteiger partial charge is 0.370 e. The van der Waals surface area contributed by atoms with E-state index in [-0.39, 0.29) is 0 Å². The molecule has 0 saturated carbocycles. The molecule has 0 unspecified atom stereocenters. The molecule has 2 rings (SSSR count). The summed E-state index contributed by atoms with van der Waals surface area (Å²) in [6.45, 7) is 6.07. The second-order valence-corrected chi connectivity index (χ2v) is 8.72. The van der Waals surface area contributed by atoms with Crippen molar-refractivity contribution in [3.05, 3.63) is 29.8 Å². The van der Waals surface area contributed by atoms with Crippen LogP contribution in [0.5, 0.6) is 0 Å². The van der Waals surface area contributed by atoms with Gasteiger partial charge in [0.05, 0.1) is 6.26 Å². The third-order valence-corrected chi connectivity index (χ3v) is 5.69. The fourth-order valence-corrected chi connectivity index (χ4v) is 3.69. The van der Waals surface area contributed by atoms with Crippen molar-refractivity contribution >= 4 is 21.7 Å². The number of rotatable bonds is 5. The first-order chi connectivity index (χ1) is 11.3. The van der Waals surface area contributed by atoms with Gasteiger partial charge in [-0.2, -0.15) is 0 Å². The molecule has 1 aliphatic rings. The molecule has 0 atom stereocenters. The highest BCUT2D eigenvalue weighted by atomic mass is 32.2. The van der Waals surface area contributed by atoms with Gasteiger partial charge < -0.3 is 11.1 Å². The molecule has 0 amide bonds. The number of benzene rings is 1. The van der Waals surface area contributed by atoms with Crippen molar-refractivity contribution in [2.24, 2.45) is 16.6 Å². The third kappa shape index (κ3) is 5.49. The number of anilines is 1.